The number of carbonyl (C=O) groups excluding carboxylic acids is 1. The van der Waals surface area contributed by atoms with Crippen molar-refractivity contribution in [2.45, 2.75) is 0 Å². The molecule has 0 bridgehead atoms. The van der Waals surface area contributed by atoms with E-state index in [1.807, 2.05) is 24.3 Å². The number of thiocarbonyl (C=S) groups is 1. The maximum Gasteiger partial charge on any atom is 0.257 e. The van der Waals surface area contributed by atoms with Crippen LogP contribution in [0.1, 0.15) is 10.4 Å². The summed E-state index contributed by atoms with van der Waals surface area (Å²) in [7, 11) is 1.54. The zero-order chi connectivity index (χ0) is 22.0. The van der Waals surface area contributed by atoms with E-state index in [0.717, 1.165) is 20.8 Å². The standard InChI is InChI=1S/C22H15Cl2N3O2S2/c1-29-13-6-4-5-12(9-13)20(28)27-22(30)26-18-10-14(15(23)11-16(18)24)21-25-17-7-2-3-8-19(17)31-21/h2-11H,1H3,(H2,26,27,28,30). The smallest absolute Gasteiger partial charge is 0.257 e. The number of para-hydroxylation sites is 1. The lowest BCUT2D eigenvalue weighted by Crippen LogP contribution is -2.34. The highest BCUT2D eigenvalue weighted by Gasteiger charge is 2.15. The van der Waals surface area contributed by atoms with Gasteiger partial charge in [-0.25, -0.2) is 4.98 Å². The molecule has 1 amide bonds. The van der Waals surface area contributed by atoms with Crippen LogP contribution in [0.5, 0.6) is 5.75 Å². The Morgan fingerprint density at radius 1 is 1.06 bits per heavy atom. The number of ether oxygens (including phenoxy) is 1. The van der Waals surface area contributed by atoms with Gasteiger partial charge in [0, 0.05) is 11.1 Å². The molecule has 0 aliphatic rings. The molecule has 2 N–H and O–H groups in total. The van der Waals surface area contributed by atoms with E-state index in [2.05, 4.69) is 15.6 Å². The number of fused-ring (bicyclic) bond motifs is 1. The molecule has 31 heavy (non-hydrogen) atoms. The van der Waals surface area contributed by atoms with Gasteiger partial charge in [-0.3, -0.25) is 10.1 Å². The van der Waals surface area contributed by atoms with Gasteiger partial charge in [0.25, 0.3) is 5.91 Å². The Kier molecular flexibility index (Phi) is 6.38. The molecule has 0 aliphatic carbocycles. The van der Waals surface area contributed by atoms with E-state index in [1.54, 1.807) is 36.4 Å². The summed E-state index contributed by atoms with van der Waals surface area (Å²) in [6.07, 6.45) is 0. The van der Waals surface area contributed by atoms with Crippen LogP contribution < -0.4 is 15.4 Å². The normalized spacial score (nSPS) is 10.7. The van der Waals surface area contributed by atoms with E-state index >= 15 is 0 Å². The molecule has 4 aromatic rings. The molecule has 9 heteroatoms. The molecule has 0 saturated carbocycles. The average molecular weight is 488 g/mol. The second-order valence-corrected chi connectivity index (χ2v) is 8.69. The van der Waals surface area contributed by atoms with Crippen LogP contribution in [0, 0.1) is 0 Å². The minimum absolute atomic E-state index is 0.104. The van der Waals surface area contributed by atoms with Gasteiger partial charge in [-0.05, 0) is 54.7 Å². The van der Waals surface area contributed by atoms with Crippen LogP contribution in [0.15, 0.2) is 60.7 Å². The summed E-state index contributed by atoms with van der Waals surface area (Å²) < 4.78 is 6.20. The van der Waals surface area contributed by atoms with Gasteiger partial charge in [-0.2, -0.15) is 0 Å². The summed E-state index contributed by atoms with van der Waals surface area (Å²) in [5, 5.41) is 7.31. The quantitative estimate of drug-likeness (QED) is 0.325. The molecule has 0 fully saturated rings. The average Bonchev–Trinajstić information content (AvgIpc) is 3.19. The molecule has 0 atom stereocenters. The van der Waals surface area contributed by atoms with Gasteiger partial charge in [0.1, 0.15) is 10.8 Å². The Bertz CT molecular complexity index is 1270. The van der Waals surface area contributed by atoms with Crippen LogP contribution in [0.3, 0.4) is 0 Å². The first-order valence-electron chi connectivity index (χ1n) is 9.06. The highest BCUT2D eigenvalue weighted by molar-refractivity contribution is 7.80. The number of benzene rings is 3. The van der Waals surface area contributed by atoms with Crippen LogP contribution in [0.25, 0.3) is 20.8 Å². The van der Waals surface area contributed by atoms with Crippen molar-refractivity contribution in [2.75, 3.05) is 12.4 Å². The molecular formula is C22H15Cl2N3O2S2. The van der Waals surface area contributed by atoms with Gasteiger partial charge < -0.3 is 10.1 Å². The zero-order valence-corrected chi connectivity index (χ0v) is 19.3. The van der Waals surface area contributed by atoms with Crippen LogP contribution in [0.2, 0.25) is 10.0 Å². The number of anilines is 1. The third kappa shape index (κ3) is 4.80. The molecular weight excluding hydrogens is 473 g/mol. The van der Waals surface area contributed by atoms with E-state index in [1.165, 1.54) is 18.4 Å². The molecule has 5 nitrogen and oxygen atoms in total. The first-order valence-corrected chi connectivity index (χ1v) is 11.0. The topological polar surface area (TPSA) is 63.2 Å². The number of hydrogen-bond donors (Lipinski definition) is 2. The number of aromatic nitrogens is 1. The number of nitrogens with one attached hydrogen (secondary N) is 2. The van der Waals surface area contributed by atoms with E-state index in [4.69, 9.17) is 40.2 Å². The Morgan fingerprint density at radius 2 is 1.87 bits per heavy atom. The number of rotatable bonds is 4. The second-order valence-electron chi connectivity index (χ2n) is 6.44. The third-order valence-electron chi connectivity index (χ3n) is 4.39. The fourth-order valence-corrected chi connectivity index (χ4v) is 4.66. The number of amides is 1. The van der Waals surface area contributed by atoms with Crippen molar-refractivity contribution < 1.29 is 9.53 Å². The first-order chi connectivity index (χ1) is 14.9. The molecule has 0 spiro atoms. The molecule has 0 aliphatic heterocycles. The molecule has 0 radical (unpaired) electrons. The number of halogens is 2. The maximum atomic E-state index is 12.5. The van der Waals surface area contributed by atoms with E-state index < -0.39 is 0 Å². The number of carbonyl (C=O) groups is 1. The van der Waals surface area contributed by atoms with Crippen LogP contribution in [0.4, 0.5) is 5.69 Å². The van der Waals surface area contributed by atoms with Gasteiger partial charge >= 0.3 is 0 Å². The second kappa shape index (κ2) is 9.20. The van der Waals surface area contributed by atoms with Crippen molar-refractivity contribution in [1.29, 1.82) is 0 Å². The van der Waals surface area contributed by atoms with Gasteiger partial charge in [0.05, 0.1) is 33.1 Å². The fourth-order valence-electron chi connectivity index (χ4n) is 2.89. The van der Waals surface area contributed by atoms with E-state index in [-0.39, 0.29) is 11.0 Å². The fraction of sp³-hybridized carbons (Fsp3) is 0.0455. The van der Waals surface area contributed by atoms with Crippen LogP contribution in [-0.2, 0) is 0 Å². The summed E-state index contributed by atoms with van der Waals surface area (Å²) in [5.74, 6) is 0.209. The number of methoxy groups -OCH3 is 1. The maximum absolute atomic E-state index is 12.5. The van der Waals surface area contributed by atoms with Crippen LogP contribution >= 0.6 is 46.8 Å². The predicted molar refractivity (Wildman–Crippen MR) is 132 cm³/mol. The van der Waals surface area contributed by atoms with Gasteiger partial charge in [-0.15, -0.1) is 11.3 Å². The first kappa shape index (κ1) is 21.5. The monoisotopic (exact) mass is 487 g/mol. The van der Waals surface area contributed by atoms with Crippen molar-refractivity contribution >= 4 is 73.7 Å². The predicted octanol–water partition coefficient (Wildman–Crippen LogP) is 6.41. The van der Waals surface area contributed by atoms with Gasteiger partial charge in [-0.1, -0.05) is 41.4 Å². The highest BCUT2D eigenvalue weighted by atomic mass is 35.5. The SMILES string of the molecule is COc1cccc(C(=O)NC(=S)Nc2cc(-c3nc4ccccc4s3)c(Cl)cc2Cl)c1. The molecule has 156 valence electrons. The lowest BCUT2D eigenvalue weighted by Gasteiger charge is -2.13. The molecule has 1 heterocycles. The van der Waals surface area contributed by atoms with Crippen LogP contribution in [-0.4, -0.2) is 23.1 Å². The minimum atomic E-state index is -0.368. The Hall–Kier alpha value is -2.71. The third-order valence-corrected chi connectivity index (χ3v) is 6.29. The lowest BCUT2D eigenvalue weighted by molar-refractivity contribution is 0.0977. The summed E-state index contributed by atoms with van der Waals surface area (Å²) in [4.78, 5) is 17.1. The van der Waals surface area contributed by atoms with Crippen molar-refractivity contribution in [3.8, 4) is 16.3 Å². The molecule has 3 aromatic carbocycles. The Balaban J connectivity index is 1.56. The molecule has 0 unspecified atom stereocenters. The van der Waals surface area contributed by atoms with Gasteiger partial charge in [0.15, 0.2) is 5.11 Å². The lowest BCUT2D eigenvalue weighted by atomic mass is 10.2. The largest absolute Gasteiger partial charge is 0.497 e. The van der Waals surface area contributed by atoms with Crippen molar-refractivity contribution in [2.24, 2.45) is 0 Å². The van der Waals surface area contributed by atoms with Crippen molar-refractivity contribution in [3.05, 3.63) is 76.3 Å². The van der Waals surface area contributed by atoms with Gasteiger partial charge in [0.2, 0.25) is 0 Å². The summed E-state index contributed by atoms with van der Waals surface area (Å²) >= 11 is 19.6. The Morgan fingerprint density at radius 3 is 2.65 bits per heavy atom. The van der Waals surface area contributed by atoms with Crippen molar-refractivity contribution in [3.63, 3.8) is 0 Å². The summed E-state index contributed by atoms with van der Waals surface area (Å²) in [5.41, 5.74) is 2.54. The number of thiazole rings is 1. The Labute approximate surface area is 198 Å². The highest BCUT2D eigenvalue weighted by Crippen LogP contribution is 2.38. The van der Waals surface area contributed by atoms with Crippen molar-refractivity contribution in [1.82, 2.24) is 10.3 Å². The summed E-state index contributed by atoms with van der Waals surface area (Å²) in [6, 6.07) is 18.0. The molecule has 0 saturated heterocycles. The van der Waals surface area contributed by atoms with E-state index in [0.29, 0.717) is 27.0 Å². The summed E-state index contributed by atoms with van der Waals surface area (Å²) in [6.45, 7) is 0. The minimum Gasteiger partial charge on any atom is -0.497 e. The molecule has 4 rings (SSSR count). The number of nitrogens with zero attached hydrogens (tertiary/aromatic N) is 1. The zero-order valence-electron chi connectivity index (χ0n) is 16.1. The number of hydrogen-bond acceptors (Lipinski definition) is 5. The molecule has 1 aromatic heterocycles. The van der Waals surface area contributed by atoms with E-state index in [9.17, 15) is 4.79 Å².